The first-order valence-electron chi connectivity index (χ1n) is 5.60. The summed E-state index contributed by atoms with van der Waals surface area (Å²) in [5, 5.41) is 0.867. The summed E-state index contributed by atoms with van der Waals surface area (Å²) in [7, 11) is 0. The fraction of sp³-hybridized carbons (Fsp3) is 0.308. The van der Waals surface area contributed by atoms with Gasteiger partial charge in [0.25, 0.3) is 0 Å². The molecule has 0 unspecified atom stereocenters. The highest BCUT2D eigenvalue weighted by molar-refractivity contribution is 5.87. The van der Waals surface area contributed by atoms with Crippen molar-refractivity contribution < 1.29 is 18.0 Å². The number of fused-ring (bicyclic) bond motifs is 1. The summed E-state index contributed by atoms with van der Waals surface area (Å²) in [4.78, 5) is 10.6. The van der Waals surface area contributed by atoms with Crippen molar-refractivity contribution in [3.05, 3.63) is 36.0 Å². The summed E-state index contributed by atoms with van der Waals surface area (Å²) in [5.74, 6) is 0. The van der Waals surface area contributed by atoms with Gasteiger partial charge in [-0.15, -0.1) is 0 Å². The van der Waals surface area contributed by atoms with Gasteiger partial charge in [-0.3, -0.25) is 4.79 Å². The van der Waals surface area contributed by atoms with E-state index in [1.807, 2.05) is 0 Å². The summed E-state index contributed by atoms with van der Waals surface area (Å²) in [6, 6.07) is 6.95. The fourth-order valence-corrected chi connectivity index (χ4v) is 1.94. The SMILES string of the molecule is O=Cc1ccc2c(ccn2CCCC(F)(F)F)c1. The van der Waals surface area contributed by atoms with Crippen molar-refractivity contribution in [3.63, 3.8) is 0 Å². The minimum absolute atomic E-state index is 0.0582. The third-order valence-corrected chi connectivity index (χ3v) is 2.79. The number of halogens is 3. The lowest BCUT2D eigenvalue weighted by Gasteiger charge is -2.08. The van der Waals surface area contributed by atoms with Gasteiger partial charge >= 0.3 is 6.18 Å². The molecule has 0 bridgehead atoms. The van der Waals surface area contributed by atoms with E-state index in [2.05, 4.69) is 0 Å². The quantitative estimate of drug-likeness (QED) is 0.762. The Morgan fingerprint density at radius 2 is 2.00 bits per heavy atom. The molecule has 0 aliphatic heterocycles. The molecule has 2 rings (SSSR count). The third kappa shape index (κ3) is 2.91. The van der Waals surface area contributed by atoms with E-state index >= 15 is 0 Å². The summed E-state index contributed by atoms with van der Waals surface area (Å²) in [6.07, 6.45) is -2.33. The number of aromatic nitrogens is 1. The van der Waals surface area contributed by atoms with Crippen LogP contribution in [0.1, 0.15) is 23.2 Å². The fourth-order valence-electron chi connectivity index (χ4n) is 1.94. The molecule has 0 saturated carbocycles. The Labute approximate surface area is 102 Å². The van der Waals surface area contributed by atoms with E-state index < -0.39 is 12.6 Å². The smallest absolute Gasteiger partial charge is 0.347 e. The average molecular weight is 255 g/mol. The van der Waals surface area contributed by atoms with Crippen molar-refractivity contribution in [2.45, 2.75) is 25.6 Å². The molecule has 1 aromatic heterocycles. The zero-order chi connectivity index (χ0) is 13.2. The first-order valence-corrected chi connectivity index (χ1v) is 5.60. The number of nitrogens with zero attached hydrogens (tertiary/aromatic N) is 1. The van der Waals surface area contributed by atoms with Crippen molar-refractivity contribution in [2.24, 2.45) is 0 Å². The van der Waals surface area contributed by atoms with Crippen LogP contribution in [0.3, 0.4) is 0 Å². The monoisotopic (exact) mass is 255 g/mol. The lowest BCUT2D eigenvalue weighted by Crippen LogP contribution is -2.08. The molecule has 0 spiro atoms. The predicted molar refractivity (Wildman–Crippen MR) is 62.6 cm³/mol. The largest absolute Gasteiger partial charge is 0.389 e. The molecule has 0 amide bonds. The number of carbonyl (C=O) groups is 1. The molecule has 0 saturated heterocycles. The van der Waals surface area contributed by atoms with Crippen LogP contribution in [0.4, 0.5) is 13.2 Å². The van der Waals surface area contributed by atoms with E-state index in [0.717, 1.165) is 17.2 Å². The molecule has 18 heavy (non-hydrogen) atoms. The molecular weight excluding hydrogens is 243 g/mol. The first-order chi connectivity index (χ1) is 8.49. The maximum atomic E-state index is 12.0. The maximum Gasteiger partial charge on any atom is 0.389 e. The summed E-state index contributed by atoms with van der Waals surface area (Å²) in [5.41, 5.74) is 1.42. The summed E-state index contributed by atoms with van der Waals surface area (Å²) in [6.45, 7) is 0.323. The topological polar surface area (TPSA) is 22.0 Å². The third-order valence-electron chi connectivity index (χ3n) is 2.79. The van der Waals surface area contributed by atoms with Gasteiger partial charge in [0.1, 0.15) is 6.29 Å². The number of carbonyl (C=O) groups excluding carboxylic acids is 1. The first kappa shape index (κ1) is 12.7. The van der Waals surface area contributed by atoms with Gasteiger partial charge in [-0.25, -0.2) is 0 Å². The Kier molecular flexibility index (Phi) is 3.41. The Morgan fingerprint density at radius 1 is 1.22 bits per heavy atom. The highest BCUT2D eigenvalue weighted by atomic mass is 19.4. The van der Waals surface area contributed by atoms with Crippen LogP contribution in [0.2, 0.25) is 0 Å². The van der Waals surface area contributed by atoms with E-state index in [1.54, 1.807) is 35.0 Å². The normalized spacial score (nSPS) is 11.9. The van der Waals surface area contributed by atoms with Gasteiger partial charge in [0.15, 0.2) is 0 Å². The maximum absolute atomic E-state index is 12.0. The molecule has 2 aromatic rings. The van der Waals surface area contributed by atoms with Crippen molar-refractivity contribution in [1.82, 2.24) is 4.57 Å². The van der Waals surface area contributed by atoms with Gasteiger partial charge < -0.3 is 4.57 Å². The number of benzene rings is 1. The van der Waals surface area contributed by atoms with Gasteiger partial charge in [-0.05, 0) is 30.7 Å². The summed E-state index contributed by atoms with van der Waals surface area (Å²) < 4.78 is 37.9. The number of aryl methyl sites for hydroxylation is 1. The van der Waals surface area contributed by atoms with Crippen LogP contribution >= 0.6 is 0 Å². The van der Waals surface area contributed by atoms with Crippen molar-refractivity contribution >= 4 is 17.2 Å². The molecule has 0 aliphatic rings. The molecule has 0 atom stereocenters. The molecule has 0 fully saturated rings. The predicted octanol–water partition coefficient (Wildman–Crippen LogP) is 3.80. The molecule has 1 aromatic carbocycles. The molecule has 0 aliphatic carbocycles. The van der Waals surface area contributed by atoms with E-state index in [1.165, 1.54) is 0 Å². The number of rotatable bonds is 4. The highest BCUT2D eigenvalue weighted by Crippen LogP contribution is 2.23. The van der Waals surface area contributed by atoms with Crippen LogP contribution in [0, 0.1) is 0 Å². The Bertz CT molecular complexity index is 557. The van der Waals surface area contributed by atoms with Gasteiger partial charge in [0.2, 0.25) is 0 Å². The van der Waals surface area contributed by atoms with Crippen LogP contribution in [-0.4, -0.2) is 17.0 Å². The minimum Gasteiger partial charge on any atom is -0.347 e. The van der Waals surface area contributed by atoms with Gasteiger partial charge in [-0.2, -0.15) is 13.2 Å². The lowest BCUT2D eigenvalue weighted by atomic mass is 10.2. The summed E-state index contributed by atoms with van der Waals surface area (Å²) >= 11 is 0. The second kappa shape index (κ2) is 4.84. The lowest BCUT2D eigenvalue weighted by molar-refractivity contribution is -0.135. The van der Waals surface area contributed by atoms with E-state index in [-0.39, 0.29) is 6.42 Å². The molecular formula is C13H12F3NO. The van der Waals surface area contributed by atoms with Crippen LogP contribution in [0.5, 0.6) is 0 Å². The van der Waals surface area contributed by atoms with Crippen LogP contribution < -0.4 is 0 Å². The molecule has 5 heteroatoms. The number of alkyl halides is 3. The number of aldehydes is 1. The Hall–Kier alpha value is -1.78. The zero-order valence-electron chi connectivity index (χ0n) is 9.57. The van der Waals surface area contributed by atoms with E-state index in [9.17, 15) is 18.0 Å². The second-order valence-corrected chi connectivity index (χ2v) is 4.16. The average Bonchev–Trinajstić information content (AvgIpc) is 2.70. The van der Waals surface area contributed by atoms with Gasteiger partial charge in [-0.1, -0.05) is 0 Å². The van der Waals surface area contributed by atoms with Crippen molar-refractivity contribution in [3.8, 4) is 0 Å². The molecule has 1 heterocycles. The molecule has 96 valence electrons. The van der Waals surface area contributed by atoms with Gasteiger partial charge in [0, 0.05) is 35.6 Å². The molecule has 2 nitrogen and oxygen atoms in total. The van der Waals surface area contributed by atoms with Crippen molar-refractivity contribution in [2.75, 3.05) is 0 Å². The minimum atomic E-state index is -4.10. The van der Waals surface area contributed by atoms with Crippen LogP contribution in [0.25, 0.3) is 10.9 Å². The number of hydrogen-bond acceptors (Lipinski definition) is 1. The van der Waals surface area contributed by atoms with Crippen LogP contribution in [0.15, 0.2) is 30.5 Å². The Balaban J connectivity index is 2.12. The highest BCUT2D eigenvalue weighted by Gasteiger charge is 2.26. The molecule has 0 N–H and O–H groups in total. The van der Waals surface area contributed by atoms with Crippen LogP contribution in [-0.2, 0) is 6.54 Å². The Morgan fingerprint density at radius 3 is 2.67 bits per heavy atom. The second-order valence-electron chi connectivity index (χ2n) is 4.16. The number of hydrogen-bond donors (Lipinski definition) is 0. The van der Waals surface area contributed by atoms with Gasteiger partial charge in [0.05, 0.1) is 0 Å². The zero-order valence-corrected chi connectivity index (χ0v) is 9.57. The van der Waals surface area contributed by atoms with Crippen molar-refractivity contribution in [1.29, 1.82) is 0 Å². The van der Waals surface area contributed by atoms with E-state index in [4.69, 9.17) is 0 Å². The van der Waals surface area contributed by atoms with E-state index in [0.29, 0.717) is 12.1 Å². The standard InChI is InChI=1S/C13H12F3NO/c14-13(15,16)5-1-6-17-7-4-11-8-10(9-18)2-3-12(11)17/h2-4,7-9H,1,5-6H2. The molecule has 0 radical (unpaired) electrons.